The summed E-state index contributed by atoms with van der Waals surface area (Å²) in [5.74, 6) is 0. The highest BCUT2D eigenvalue weighted by atomic mass is 35.5. The fraction of sp³-hybridized carbons (Fsp3) is 0.0833. The van der Waals surface area contributed by atoms with Gasteiger partial charge in [-0.25, -0.2) is 4.98 Å². The van der Waals surface area contributed by atoms with Gasteiger partial charge in [-0.2, -0.15) is 0 Å². The molecule has 0 aliphatic carbocycles. The van der Waals surface area contributed by atoms with Crippen molar-refractivity contribution in [1.82, 2.24) is 4.98 Å². The van der Waals surface area contributed by atoms with E-state index < -0.39 is 0 Å². The molecular weight excluding hydrogens is 226 g/mol. The molecule has 0 unspecified atom stereocenters. The molecule has 75 valence electrons. The molecular formula is C12H9ClNS. The van der Waals surface area contributed by atoms with E-state index >= 15 is 0 Å². The number of pyridine rings is 1. The third-order valence-electron chi connectivity index (χ3n) is 2.02. The minimum absolute atomic E-state index is 0.720. The van der Waals surface area contributed by atoms with Crippen molar-refractivity contribution in [3.8, 4) is 11.1 Å². The molecule has 1 heterocycles. The summed E-state index contributed by atoms with van der Waals surface area (Å²) in [4.78, 5) is 4.30. The largest absolute Gasteiger partial charge is 0.249 e. The maximum Gasteiger partial charge on any atom is 0.0957 e. The van der Waals surface area contributed by atoms with Gasteiger partial charge in [0.05, 0.1) is 5.03 Å². The van der Waals surface area contributed by atoms with Crippen molar-refractivity contribution in [3.63, 3.8) is 0 Å². The number of thioether (sulfide) groups is 1. The van der Waals surface area contributed by atoms with Crippen molar-refractivity contribution in [3.05, 3.63) is 47.6 Å². The first-order valence-corrected chi connectivity index (χ1v) is 6.07. The molecule has 0 spiro atoms. The van der Waals surface area contributed by atoms with E-state index in [4.69, 9.17) is 11.6 Å². The van der Waals surface area contributed by atoms with Crippen molar-refractivity contribution in [2.45, 2.75) is 5.03 Å². The van der Waals surface area contributed by atoms with Crippen LogP contribution >= 0.6 is 23.4 Å². The van der Waals surface area contributed by atoms with E-state index in [1.807, 2.05) is 42.8 Å². The minimum atomic E-state index is 0.720. The highest BCUT2D eigenvalue weighted by Gasteiger charge is 1.99. The van der Waals surface area contributed by atoms with Gasteiger partial charge in [-0.15, -0.1) is 11.8 Å². The van der Waals surface area contributed by atoms with Crippen LogP contribution in [0, 0.1) is 6.07 Å². The normalized spacial score (nSPS) is 10.3. The van der Waals surface area contributed by atoms with E-state index in [1.165, 1.54) is 0 Å². The number of hydrogen-bond donors (Lipinski definition) is 0. The van der Waals surface area contributed by atoms with Crippen molar-refractivity contribution in [1.29, 1.82) is 0 Å². The summed E-state index contributed by atoms with van der Waals surface area (Å²) in [5, 5.41) is 1.73. The molecule has 0 saturated carbocycles. The second kappa shape index (κ2) is 4.69. The maximum atomic E-state index is 5.91. The van der Waals surface area contributed by atoms with Gasteiger partial charge in [0.15, 0.2) is 0 Å². The zero-order chi connectivity index (χ0) is 10.7. The Morgan fingerprint density at radius 1 is 1.33 bits per heavy atom. The van der Waals surface area contributed by atoms with Crippen LogP contribution in [-0.2, 0) is 0 Å². The molecule has 1 aromatic heterocycles. The fourth-order valence-corrected chi connectivity index (χ4v) is 1.80. The van der Waals surface area contributed by atoms with Crippen LogP contribution in [0.15, 0.2) is 41.6 Å². The Morgan fingerprint density at radius 3 is 2.80 bits per heavy atom. The molecule has 1 nitrogen and oxygen atoms in total. The summed E-state index contributed by atoms with van der Waals surface area (Å²) in [7, 11) is 0. The quantitative estimate of drug-likeness (QED) is 0.731. The molecule has 0 amide bonds. The van der Waals surface area contributed by atoms with Crippen molar-refractivity contribution in [2.24, 2.45) is 0 Å². The fourth-order valence-electron chi connectivity index (χ4n) is 1.27. The van der Waals surface area contributed by atoms with E-state index in [0.29, 0.717) is 0 Å². The topological polar surface area (TPSA) is 12.9 Å². The van der Waals surface area contributed by atoms with E-state index in [1.54, 1.807) is 11.8 Å². The van der Waals surface area contributed by atoms with Crippen molar-refractivity contribution in [2.75, 3.05) is 6.26 Å². The predicted octanol–water partition coefficient (Wildman–Crippen LogP) is 3.92. The lowest BCUT2D eigenvalue weighted by atomic mass is 10.1. The summed E-state index contributed by atoms with van der Waals surface area (Å²) in [6.07, 6.45) is 3.85. The van der Waals surface area contributed by atoms with Crippen molar-refractivity contribution >= 4 is 23.4 Å². The molecule has 2 aromatic rings. The predicted molar refractivity (Wildman–Crippen MR) is 65.3 cm³/mol. The van der Waals surface area contributed by atoms with Crippen LogP contribution in [0.4, 0.5) is 0 Å². The highest BCUT2D eigenvalue weighted by molar-refractivity contribution is 7.98. The van der Waals surface area contributed by atoms with Crippen LogP contribution in [0.2, 0.25) is 5.02 Å². The third kappa shape index (κ3) is 2.52. The Hall–Kier alpha value is -0.990. The zero-order valence-corrected chi connectivity index (χ0v) is 9.77. The van der Waals surface area contributed by atoms with Crippen LogP contribution < -0.4 is 0 Å². The van der Waals surface area contributed by atoms with E-state index in [-0.39, 0.29) is 0 Å². The summed E-state index contributed by atoms with van der Waals surface area (Å²) < 4.78 is 0. The summed E-state index contributed by atoms with van der Waals surface area (Å²) >= 11 is 7.54. The first kappa shape index (κ1) is 10.5. The SMILES string of the molecule is CSc1ccc(-c2[c]ccc(Cl)c2)cn1. The van der Waals surface area contributed by atoms with Crippen LogP contribution in [-0.4, -0.2) is 11.2 Å². The first-order chi connectivity index (χ1) is 7.29. The Labute approximate surface area is 98.5 Å². The molecule has 0 saturated heterocycles. The standard InChI is InChI=1S/C12H9ClNS/c1-15-12-6-5-10(8-14-12)9-3-2-4-11(13)7-9/h2,4-8H,1H3. The van der Waals surface area contributed by atoms with Crippen molar-refractivity contribution < 1.29 is 0 Å². The number of aromatic nitrogens is 1. The average Bonchev–Trinajstić information content (AvgIpc) is 2.29. The van der Waals surface area contributed by atoms with Gasteiger partial charge in [-0.1, -0.05) is 23.7 Å². The first-order valence-electron chi connectivity index (χ1n) is 4.47. The lowest BCUT2D eigenvalue weighted by Crippen LogP contribution is -1.82. The molecule has 15 heavy (non-hydrogen) atoms. The van der Waals surface area contributed by atoms with E-state index in [0.717, 1.165) is 21.2 Å². The van der Waals surface area contributed by atoms with Gasteiger partial charge in [-0.3, -0.25) is 0 Å². The molecule has 0 fully saturated rings. The monoisotopic (exact) mass is 234 g/mol. The molecule has 1 radical (unpaired) electrons. The second-order valence-electron chi connectivity index (χ2n) is 3.01. The second-order valence-corrected chi connectivity index (χ2v) is 4.27. The smallest absolute Gasteiger partial charge is 0.0957 e. The van der Waals surface area contributed by atoms with Crippen LogP contribution in [0.25, 0.3) is 11.1 Å². The van der Waals surface area contributed by atoms with Gasteiger partial charge in [0.2, 0.25) is 0 Å². The molecule has 0 atom stereocenters. The number of rotatable bonds is 2. The lowest BCUT2D eigenvalue weighted by Gasteiger charge is -2.01. The number of halogens is 1. The molecule has 3 heteroatoms. The Balaban J connectivity index is 2.37. The third-order valence-corrected chi connectivity index (χ3v) is 2.91. The maximum absolute atomic E-state index is 5.91. The van der Waals surface area contributed by atoms with Crippen LogP contribution in [0.5, 0.6) is 0 Å². The Bertz CT molecular complexity index is 453. The number of hydrogen-bond acceptors (Lipinski definition) is 2. The zero-order valence-electron chi connectivity index (χ0n) is 8.20. The molecule has 1 aromatic carbocycles. The van der Waals surface area contributed by atoms with Crippen LogP contribution in [0.1, 0.15) is 0 Å². The highest BCUT2D eigenvalue weighted by Crippen LogP contribution is 2.22. The van der Waals surface area contributed by atoms with Gasteiger partial charge in [-0.05, 0) is 36.1 Å². The average molecular weight is 235 g/mol. The van der Waals surface area contributed by atoms with Gasteiger partial charge in [0.1, 0.15) is 0 Å². The molecule has 0 bridgehead atoms. The molecule has 2 rings (SSSR count). The molecule has 0 aliphatic rings. The summed E-state index contributed by atoms with van der Waals surface area (Å²) in [5.41, 5.74) is 2.01. The lowest BCUT2D eigenvalue weighted by molar-refractivity contribution is 1.14. The van der Waals surface area contributed by atoms with Crippen LogP contribution in [0.3, 0.4) is 0 Å². The molecule has 0 N–H and O–H groups in total. The van der Waals surface area contributed by atoms with E-state index in [2.05, 4.69) is 11.1 Å². The van der Waals surface area contributed by atoms with E-state index in [9.17, 15) is 0 Å². The summed E-state index contributed by atoms with van der Waals surface area (Å²) in [6, 6.07) is 12.7. The Morgan fingerprint density at radius 2 is 2.20 bits per heavy atom. The summed E-state index contributed by atoms with van der Waals surface area (Å²) in [6.45, 7) is 0. The minimum Gasteiger partial charge on any atom is -0.249 e. The number of nitrogens with zero attached hydrogens (tertiary/aromatic N) is 1. The molecule has 0 aliphatic heterocycles. The van der Waals surface area contributed by atoms with Gasteiger partial charge >= 0.3 is 0 Å². The van der Waals surface area contributed by atoms with Gasteiger partial charge < -0.3 is 0 Å². The number of benzene rings is 1. The van der Waals surface area contributed by atoms with Gasteiger partial charge in [0.25, 0.3) is 0 Å². The van der Waals surface area contributed by atoms with Gasteiger partial charge in [0, 0.05) is 16.8 Å². The Kier molecular flexibility index (Phi) is 3.29.